The van der Waals surface area contributed by atoms with Crippen molar-refractivity contribution in [2.45, 2.75) is 0 Å². The SMILES string of the molecule is C=C.CN(C)c1cc(C=O)ccc1O. The van der Waals surface area contributed by atoms with Crippen LogP contribution in [0.1, 0.15) is 10.4 Å². The van der Waals surface area contributed by atoms with Crippen LogP contribution in [0.15, 0.2) is 31.4 Å². The molecule has 0 aliphatic carbocycles. The summed E-state index contributed by atoms with van der Waals surface area (Å²) in [7, 11) is 3.62. The van der Waals surface area contributed by atoms with Crippen molar-refractivity contribution in [1.82, 2.24) is 0 Å². The highest BCUT2D eigenvalue weighted by molar-refractivity contribution is 5.78. The van der Waals surface area contributed by atoms with Gasteiger partial charge < -0.3 is 10.0 Å². The predicted octanol–water partition coefficient (Wildman–Crippen LogP) is 2.07. The van der Waals surface area contributed by atoms with Crippen LogP contribution >= 0.6 is 0 Å². The van der Waals surface area contributed by atoms with E-state index in [9.17, 15) is 9.90 Å². The van der Waals surface area contributed by atoms with Crippen molar-refractivity contribution in [1.29, 1.82) is 0 Å². The minimum atomic E-state index is 0.186. The van der Waals surface area contributed by atoms with E-state index in [1.54, 1.807) is 17.0 Å². The number of hydrogen-bond donors (Lipinski definition) is 1. The van der Waals surface area contributed by atoms with Crippen molar-refractivity contribution in [3.05, 3.63) is 36.9 Å². The molecule has 1 N–H and O–H groups in total. The summed E-state index contributed by atoms with van der Waals surface area (Å²) in [6, 6.07) is 4.73. The second-order valence-corrected chi connectivity index (χ2v) is 2.76. The summed E-state index contributed by atoms with van der Waals surface area (Å²) in [5.41, 5.74) is 1.22. The van der Waals surface area contributed by atoms with E-state index in [0.29, 0.717) is 11.3 Å². The summed E-state index contributed by atoms with van der Waals surface area (Å²) in [5.74, 6) is 0.186. The second-order valence-electron chi connectivity index (χ2n) is 2.76. The quantitative estimate of drug-likeness (QED) is 0.577. The van der Waals surface area contributed by atoms with Gasteiger partial charge >= 0.3 is 0 Å². The van der Waals surface area contributed by atoms with Gasteiger partial charge in [-0.15, -0.1) is 13.2 Å². The van der Waals surface area contributed by atoms with Gasteiger partial charge in [-0.1, -0.05) is 0 Å². The summed E-state index contributed by atoms with van der Waals surface area (Å²) >= 11 is 0. The molecule has 3 heteroatoms. The van der Waals surface area contributed by atoms with Crippen molar-refractivity contribution in [3.63, 3.8) is 0 Å². The molecule has 0 unspecified atom stereocenters. The fourth-order valence-electron chi connectivity index (χ4n) is 0.972. The molecule has 76 valence electrons. The Morgan fingerprint density at radius 2 is 1.93 bits per heavy atom. The van der Waals surface area contributed by atoms with Gasteiger partial charge in [0.25, 0.3) is 0 Å². The van der Waals surface area contributed by atoms with Crippen LogP contribution in [0.2, 0.25) is 0 Å². The zero-order valence-corrected chi connectivity index (χ0v) is 8.53. The predicted molar refractivity (Wildman–Crippen MR) is 59.1 cm³/mol. The standard InChI is InChI=1S/C9H11NO2.C2H4/c1-10(2)8-5-7(6-11)3-4-9(8)12;1-2/h3-6,12H,1-2H3;1-2H2. The molecule has 0 saturated carbocycles. The van der Waals surface area contributed by atoms with Gasteiger partial charge in [0.15, 0.2) is 0 Å². The molecular weight excluding hydrogens is 178 g/mol. The molecule has 14 heavy (non-hydrogen) atoms. The molecule has 3 nitrogen and oxygen atoms in total. The Kier molecular flexibility index (Phi) is 5.07. The lowest BCUT2D eigenvalue weighted by Gasteiger charge is -2.13. The molecule has 0 aromatic heterocycles. The molecule has 1 rings (SSSR count). The summed E-state index contributed by atoms with van der Waals surface area (Å²) in [6.07, 6.45) is 0.756. The maximum absolute atomic E-state index is 10.4. The first-order chi connectivity index (χ1) is 6.65. The Morgan fingerprint density at radius 3 is 2.36 bits per heavy atom. The lowest BCUT2D eigenvalue weighted by Crippen LogP contribution is -2.08. The average Bonchev–Trinajstić information content (AvgIpc) is 2.21. The summed E-state index contributed by atoms with van der Waals surface area (Å²) in [4.78, 5) is 12.1. The summed E-state index contributed by atoms with van der Waals surface area (Å²) in [6.45, 7) is 6.00. The largest absolute Gasteiger partial charge is 0.506 e. The molecule has 1 aromatic carbocycles. The highest BCUT2D eigenvalue weighted by Gasteiger charge is 2.03. The van der Waals surface area contributed by atoms with Crippen LogP contribution in [-0.4, -0.2) is 25.5 Å². The molecule has 0 aliphatic rings. The lowest BCUT2D eigenvalue weighted by atomic mass is 10.2. The maximum atomic E-state index is 10.4. The van der Waals surface area contributed by atoms with Crippen molar-refractivity contribution in [2.24, 2.45) is 0 Å². The summed E-state index contributed by atoms with van der Waals surface area (Å²) in [5, 5.41) is 9.34. The van der Waals surface area contributed by atoms with E-state index in [0.717, 1.165) is 6.29 Å². The molecule has 0 fully saturated rings. The van der Waals surface area contributed by atoms with Crippen LogP contribution in [-0.2, 0) is 0 Å². The molecule has 0 spiro atoms. The molecule has 0 saturated heterocycles. The van der Waals surface area contributed by atoms with Gasteiger partial charge in [0.05, 0.1) is 5.69 Å². The van der Waals surface area contributed by atoms with E-state index < -0.39 is 0 Å². The van der Waals surface area contributed by atoms with E-state index >= 15 is 0 Å². The van der Waals surface area contributed by atoms with Gasteiger partial charge in [-0.05, 0) is 18.2 Å². The van der Waals surface area contributed by atoms with Gasteiger partial charge in [-0.2, -0.15) is 0 Å². The molecular formula is C11H15NO2. The van der Waals surface area contributed by atoms with Gasteiger partial charge in [0.1, 0.15) is 12.0 Å². The number of aromatic hydroxyl groups is 1. The molecule has 0 bridgehead atoms. The number of rotatable bonds is 2. The lowest BCUT2D eigenvalue weighted by molar-refractivity contribution is 0.112. The Bertz CT molecular complexity index is 308. The fourth-order valence-corrected chi connectivity index (χ4v) is 0.972. The third-order valence-corrected chi connectivity index (χ3v) is 1.62. The van der Waals surface area contributed by atoms with Crippen molar-refractivity contribution >= 4 is 12.0 Å². The Hall–Kier alpha value is -1.77. The monoisotopic (exact) mass is 193 g/mol. The Morgan fingerprint density at radius 1 is 1.36 bits per heavy atom. The fraction of sp³-hybridized carbons (Fsp3) is 0.182. The van der Waals surface area contributed by atoms with Crippen molar-refractivity contribution in [3.8, 4) is 5.75 Å². The number of hydrogen-bond acceptors (Lipinski definition) is 3. The third-order valence-electron chi connectivity index (χ3n) is 1.62. The van der Waals surface area contributed by atoms with Crippen LogP contribution in [0.5, 0.6) is 5.75 Å². The van der Waals surface area contributed by atoms with Crippen LogP contribution in [0, 0.1) is 0 Å². The van der Waals surface area contributed by atoms with Gasteiger partial charge in [0.2, 0.25) is 0 Å². The zero-order chi connectivity index (χ0) is 11.1. The smallest absolute Gasteiger partial charge is 0.150 e. The van der Waals surface area contributed by atoms with Crippen molar-refractivity contribution < 1.29 is 9.90 Å². The first-order valence-corrected chi connectivity index (χ1v) is 4.10. The van der Waals surface area contributed by atoms with Gasteiger partial charge in [0, 0.05) is 19.7 Å². The number of phenols is 1. The van der Waals surface area contributed by atoms with E-state index in [2.05, 4.69) is 13.2 Å². The van der Waals surface area contributed by atoms with Gasteiger partial charge in [-0.25, -0.2) is 0 Å². The molecule has 1 aromatic rings. The van der Waals surface area contributed by atoms with Crippen LogP contribution in [0.3, 0.4) is 0 Å². The molecule has 0 amide bonds. The number of nitrogens with zero attached hydrogens (tertiary/aromatic N) is 1. The first kappa shape index (κ1) is 12.2. The minimum Gasteiger partial charge on any atom is -0.506 e. The first-order valence-electron chi connectivity index (χ1n) is 4.10. The molecule has 0 atom stereocenters. The number of aldehydes is 1. The molecule has 0 heterocycles. The number of benzene rings is 1. The van der Waals surface area contributed by atoms with E-state index in [1.807, 2.05) is 14.1 Å². The van der Waals surface area contributed by atoms with E-state index in [1.165, 1.54) is 6.07 Å². The maximum Gasteiger partial charge on any atom is 0.150 e. The second kappa shape index (κ2) is 5.80. The Labute approximate surface area is 84.3 Å². The summed E-state index contributed by atoms with van der Waals surface area (Å²) < 4.78 is 0. The number of anilines is 1. The molecule has 0 radical (unpaired) electrons. The topological polar surface area (TPSA) is 40.5 Å². The van der Waals surface area contributed by atoms with E-state index in [-0.39, 0.29) is 5.75 Å². The van der Waals surface area contributed by atoms with Crippen molar-refractivity contribution in [2.75, 3.05) is 19.0 Å². The number of carbonyl (C=O) groups is 1. The van der Waals surface area contributed by atoms with Gasteiger partial charge in [-0.3, -0.25) is 4.79 Å². The zero-order valence-electron chi connectivity index (χ0n) is 8.53. The van der Waals surface area contributed by atoms with Crippen LogP contribution in [0.25, 0.3) is 0 Å². The van der Waals surface area contributed by atoms with E-state index in [4.69, 9.17) is 0 Å². The van der Waals surface area contributed by atoms with Crippen LogP contribution in [0.4, 0.5) is 5.69 Å². The normalized spacial score (nSPS) is 8.43. The van der Waals surface area contributed by atoms with Crippen LogP contribution < -0.4 is 4.90 Å². The number of carbonyl (C=O) groups excluding carboxylic acids is 1. The number of phenolic OH excluding ortho intramolecular Hbond substituents is 1. The Balaban J connectivity index is 0.000000791. The molecule has 0 aliphatic heterocycles. The highest BCUT2D eigenvalue weighted by Crippen LogP contribution is 2.25. The highest BCUT2D eigenvalue weighted by atomic mass is 16.3. The minimum absolute atomic E-state index is 0.186. The third kappa shape index (κ3) is 2.94. The average molecular weight is 193 g/mol.